The van der Waals surface area contributed by atoms with Crippen molar-refractivity contribution >= 4 is 172 Å². The largest absolute Gasteiger partial charge is 0.0616 e. The predicted octanol–water partition coefficient (Wildman–Crippen LogP) is 31.8. The molecule has 0 heteroatoms. The van der Waals surface area contributed by atoms with Crippen LogP contribution >= 0.6 is 0 Å². The maximum Gasteiger partial charge on any atom is -0.00199 e. The van der Waals surface area contributed by atoms with Gasteiger partial charge in [-0.25, -0.2) is 0 Å². The maximum atomic E-state index is 2.46. The van der Waals surface area contributed by atoms with Crippen molar-refractivity contribution in [3.8, 4) is 66.8 Å². The SMILES string of the molecule is c1cc(-c2cccc(-c3cc4c(ccc5ccc6ccccc6c54)c4ccccc34)c2)cc(-c2cc3c(ccc4ccc5ccccc5c43)c3ccccc23)c1.c1ccc2c(c1)cc(-c1ccc(-c3ccc(-c4cc5c6ccccc6c6ccccc6c5c5ccccc45)c4ccccc34)c3ccccc13)c1ccccc12. The Kier molecular flexibility index (Phi) is 14.5. The van der Waals surface area contributed by atoms with Gasteiger partial charge in [0.2, 0.25) is 0 Å². The Morgan fingerprint density at radius 2 is 0.330 bits per heavy atom. The highest BCUT2D eigenvalue weighted by atomic mass is 14.3. The summed E-state index contributed by atoms with van der Waals surface area (Å²) in [4.78, 5) is 0. The summed E-state index contributed by atoms with van der Waals surface area (Å²) in [5.74, 6) is 0. The fraction of sp³-hybridized carbons (Fsp3) is 0. The number of benzene rings is 24. The molecule has 24 rings (SSSR count). The lowest BCUT2D eigenvalue weighted by Crippen LogP contribution is -1.92. The minimum atomic E-state index is 1.21. The van der Waals surface area contributed by atoms with Crippen molar-refractivity contribution in [3.05, 3.63) is 413 Å². The molecule has 0 spiro atoms. The van der Waals surface area contributed by atoms with Crippen LogP contribution in [0.15, 0.2) is 413 Å². The van der Waals surface area contributed by atoms with E-state index < -0.39 is 0 Å². The molecule has 24 aromatic rings. The molecule has 0 aliphatic carbocycles. The Labute approximate surface area is 647 Å². The second kappa shape index (κ2) is 25.5. The van der Waals surface area contributed by atoms with Crippen molar-refractivity contribution in [2.45, 2.75) is 0 Å². The number of rotatable bonds is 6. The highest BCUT2D eigenvalue weighted by Gasteiger charge is 2.22. The van der Waals surface area contributed by atoms with Crippen LogP contribution in [0.5, 0.6) is 0 Å². The van der Waals surface area contributed by atoms with Gasteiger partial charge >= 0.3 is 0 Å². The summed E-state index contributed by atoms with van der Waals surface area (Å²) in [7, 11) is 0. The summed E-state index contributed by atoms with van der Waals surface area (Å²) in [6.45, 7) is 0. The first-order valence-corrected chi connectivity index (χ1v) is 39.0. The Morgan fingerprint density at radius 3 is 0.768 bits per heavy atom. The van der Waals surface area contributed by atoms with Gasteiger partial charge in [-0.05, 0) is 276 Å². The van der Waals surface area contributed by atoms with Crippen molar-refractivity contribution in [3.63, 3.8) is 0 Å². The van der Waals surface area contributed by atoms with Gasteiger partial charge in [-0.2, -0.15) is 0 Å². The first-order valence-electron chi connectivity index (χ1n) is 39.0. The second-order valence-corrected chi connectivity index (χ2v) is 30.3. The van der Waals surface area contributed by atoms with E-state index in [4.69, 9.17) is 0 Å². The predicted molar refractivity (Wildman–Crippen MR) is 486 cm³/mol. The molecule has 0 radical (unpaired) electrons. The van der Waals surface area contributed by atoms with Gasteiger partial charge in [-0.15, -0.1) is 0 Å². The van der Waals surface area contributed by atoms with E-state index in [1.807, 2.05) is 0 Å². The number of hydrogen-bond acceptors (Lipinski definition) is 0. The van der Waals surface area contributed by atoms with Gasteiger partial charge in [0.05, 0.1) is 0 Å². The summed E-state index contributed by atoms with van der Waals surface area (Å²) in [6, 6.07) is 153. The molecule has 0 saturated carbocycles. The van der Waals surface area contributed by atoms with Crippen molar-refractivity contribution in [2.75, 3.05) is 0 Å². The molecule has 112 heavy (non-hydrogen) atoms. The highest BCUT2D eigenvalue weighted by Crippen LogP contribution is 2.50. The Bertz CT molecular complexity index is 7890. The average Bonchev–Trinajstić information content (AvgIpc) is 0.722. The summed E-state index contributed by atoms with van der Waals surface area (Å²) in [6.07, 6.45) is 0. The lowest BCUT2D eigenvalue weighted by Gasteiger charge is -2.19. The molecule has 0 bridgehead atoms. The van der Waals surface area contributed by atoms with Gasteiger partial charge in [0, 0.05) is 0 Å². The van der Waals surface area contributed by atoms with E-state index in [9.17, 15) is 0 Å². The molecular formula is C112H68. The number of hydrogen-bond donors (Lipinski definition) is 0. The Morgan fingerprint density at radius 1 is 0.0893 bits per heavy atom. The first kappa shape index (κ1) is 63.5. The minimum absolute atomic E-state index is 1.21. The normalized spacial score (nSPS) is 11.9. The Hall–Kier alpha value is -14.6. The summed E-state index contributed by atoms with van der Waals surface area (Å²) >= 11 is 0. The summed E-state index contributed by atoms with van der Waals surface area (Å²) in [5, 5.41) is 41.1. The quantitative estimate of drug-likeness (QED) is 0.146. The van der Waals surface area contributed by atoms with E-state index in [2.05, 4.69) is 413 Å². The van der Waals surface area contributed by atoms with E-state index in [1.165, 1.54) is 239 Å². The van der Waals surface area contributed by atoms with Crippen LogP contribution in [-0.2, 0) is 0 Å². The molecule has 0 aromatic heterocycles. The third-order valence-corrected chi connectivity index (χ3v) is 24.4. The first-order chi connectivity index (χ1) is 55.6. The average molecular weight is 1410 g/mol. The third kappa shape index (κ3) is 9.95. The van der Waals surface area contributed by atoms with Crippen molar-refractivity contribution in [2.24, 2.45) is 0 Å². The lowest BCUT2D eigenvalue weighted by molar-refractivity contribution is 1.60. The van der Waals surface area contributed by atoms with Gasteiger partial charge in [-0.3, -0.25) is 0 Å². The van der Waals surface area contributed by atoms with Crippen molar-refractivity contribution in [1.29, 1.82) is 0 Å². The smallest absolute Gasteiger partial charge is 0.00199 e. The summed E-state index contributed by atoms with van der Waals surface area (Å²) < 4.78 is 0. The van der Waals surface area contributed by atoms with E-state index in [-0.39, 0.29) is 0 Å². The van der Waals surface area contributed by atoms with Crippen LogP contribution in [0.2, 0.25) is 0 Å². The molecule has 0 unspecified atom stereocenters. The van der Waals surface area contributed by atoms with Crippen LogP contribution in [-0.4, -0.2) is 0 Å². The topological polar surface area (TPSA) is 0 Å². The van der Waals surface area contributed by atoms with Crippen LogP contribution in [0, 0.1) is 0 Å². The molecule has 0 aliphatic rings. The lowest BCUT2D eigenvalue weighted by atomic mass is 9.84. The van der Waals surface area contributed by atoms with Crippen molar-refractivity contribution < 1.29 is 0 Å². The molecule has 0 heterocycles. The molecule has 24 aromatic carbocycles. The number of fused-ring (bicyclic) bond motifs is 27. The molecule has 0 fully saturated rings. The van der Waals surface area contributed by atoms with Gasteiger partial charge < -0.3 is 0 Å². The van der Waals surface area contributed by atoms with Gasteiger partial charge in [0.25, 0.3) is 0 Å². The van der Waals surface area contributed by atoms with Gasteiger partial charge in [-0.1, -0.05) is 376 Å². The molecule has 0 nitrogen and oxygen atoms in total. The molecule has 0 N–H and O–H groups in total. The highest BCUT2D eigenvalue weighted by molar-refractivity contribution is 6.34. The fourth-order valence-corrected chi connectivity index (χ4v) is 19.4. The molecule has 0 amide bonds. The van der Waals surface area contributed by atoms with Gasteiger partial charge in [0.15, 0.2) is 0 Å². The molecule has 516 valence electrons. The fourth-order valence-electron chi connectivity index (χ4n) is 19.4. The van der Waals surface area contributed by atoms with E-state index in [1.54, 1.807) is 0 Å². The monoisotopic (exact) mass is 1410 g/mol. The van der Waals surface area contributed by atoms with Crippen LogP contribution < -0.4 is 0 Å². The molecule has 0 saturated heterocycles. The maximum absolute atomic E-state index is 2.46. The minimum Gasteiger partial charge on any atom is -0.0616 e. The second-order valence-electron chi connectivity index (χ2n) is 30.3. The van der Waals surface area contributed by atoms with Crippen LogP contribution in [0.4, 0.5) is 0 Å². The molecular weight excluding hydrogens is 1350 g/mol. The zero-order chi connectivity index (χ0) is 73.5. The molecule has 0 atom stereocenters. The van der Waals surface area contributed by atoms with Crippen molar-refractivity contribution in [1.82, 2.24) is 0 Å². The Balaban J connectivity index is 0.000000134. The zero-order valence-corrected chi connectivity index (χ0v) is 61.3. The van der Waals surface area contributed by atoms with E-state index in [0.29, 0.717) is 0 Å². The summed E-state index contributed by atoms with van der Waals surface area (Å²) in [5.41, 5.74) is 14.9. The van der Waals surface area contributed by atoms with Crippen LogP contribution in [0.1, 0.15) is 0 Å². The zero-order valence-electron chi connectivity index (χ0n) is 61.3. The van der Waals surface area contributed by atoms with Gasteiger partial charge in [0.1, 0.15) is 0 Å². The third-order valence-electron chi connectivity index (χ3n) is 24.4. The van der Waals surface area contributed by atoms with Crippen LogP contribution in [0.3, 0.4) is 0 Å². The standard InChI is InChI=1S/2C56H34/c1-3-17-43-35(11-1)23-25-37-27-29-49-45-19-5-7-21-47(45)51(33-53(49)55(37)43)41-15-9-13-39(31-41)40-14-10-16-42(32-40)52-34-54-50(46-20-6-8-22-48(46)52)30-28-38-26-24-36-12-2-4-18-44(36)56(38)54;1-2-16-36-35(15-1)33-53(44-24-9-3-17-37(36)44)49-31-29-47(38-18-4-6-20-40(38)49)48-30-32-50(41-21-7-5-19-39(41)48)54-34-55-45-25-10-8-22-42(45)43-23-11-13-27-51(43)56(55)52-28-14-12-26-46(52)54/h2*1-34H. The van der Waals surface area contributed by atoms with E-state index in [0.717, 1.165) is 0 Å². The van der Waals surface area contributed by atoms with Crippen LogP contribution in [0.25, 0.3) is 239 Å². The molecule has 0 aliphatic heterocycles. The van der Waals surface area contributed by atoms with E-state index >= 15 is 0 Å².